The first kappa shape index (κ1) is 14.2. The Balaban J connectivity index is 1.50. The number of nitrogens with zero attached hydrogens (tertiary/aromatic N) is 4. The number of halogens is 1. The van der Waals surface area contributed by atoms with Crippen molar-refractivity contribution in [2.24, 2.45) is 0 Å². The zero-order valence-electron chi connectivity index (χ0n) is 11.6. The normalized spacial score (nSPS) is 12.3. The van der Waals surface area contributed by atoms with Crippen molar-refractivity contribution in [3.8, 4) is 5.75 Å². The molecule has 3 rings (SSSR count). The van der Waals surface area contributed by atoms with Crippen molar-refractivity contribution in [2.45, 2.75) is 6.10 Å². The topological polar surface area (TPSA) is 84.6 Å². The lowest BCUT2D eigenvalue weighted by atomic mass is 10.3. The van der Waals surface area contributed by atoms with Crippen molar-refractivity contribution in [3.63, 3.8) is 0 Å². The molecular weight excluding hydrogens is 289 g/mol. The van der Waals surface area contributed by atoms with E-state index in [9.17, 15) is 9.50 Å². The van der Waals surface area contributed by atoms with Gasteiger partial charge in [-0.2, -0.15) is 4.52 Å². The second-order valence-electron chi connectivity index (χ2n) is 4.66. The first-order chi connectivity index (χ1) is 10.7. The van der Waals surface area contributed by atoms with E-state index in [2.05, 4.69) is 20.6 Å². The van der Waals surface area contributed by atoms with Gasteiger partial charge in [0, 0.05) is 12.6 Å². The van der Waals surface area contributed by atoms with Crippen molar-refractivity contribution in [2.75, 3.05) is 18.5 Å². The van der Waals surface area contributed by atoms with E-state index in [4.69, 9.17) is 4.74 Å². The molecule has 0 saturated heterocycles. The number of nitrogens with one attached hydrogen (secondary N) is 1. The Morgan fingerprint density at radius 3 is 3.09 bits per heavy atom. The molecule has 2 aromatic heterocycles. The van der Waals surface area contributed by atoms with Crippen molar-refractivity contribution in [1.82, 2.24) is 19.8 Å². The van der Waals surface area contributed by atoms with E-state index in [0.29, 0.717) is 17.2 Å². The molecular formula is C14H14FN5O2. The molecule has 7 nitrogen and oxygen atoms in total. The fraction of sp³-hybridized carbons (Fsp3) is 0.214. The first-order valence-corrected chi connectivity index (χ1v) is 6.68. The van der Waals surface area contributed by atoms with Crippen LogP contribution < -0.4 is 10.1 Å². The number of benzene rings is 1. The second-order valence-corrected chi connectivity index (χ2v) is 4.66. The van der Waals surface area contributed by atoms with Crippen LogP contribution in [0.4, 0.5) is 10.2 Å². The summed E-state index contributed by atoms with van der Waals surface area (Å²) in [7, 11) is 0. The predicted octanol–water partition coefficient (Wildman–Crippen LogP) is 1.12. The molecule has 0 aliphatic rings. The summed E-state index contributed by atoms with van der Waals surface area (Å²) in [5.74, 6) is 0.580. The largest absolute Gasteiger partial charge is 0.491 e. The van der Waals surface area contributed by atoms with Gasteiger partial charge in [-0.15, -0.1) is 15.3 Å². The maximum Gasteiger partial charge on any atom is 0.177 e. The Bertz CT molecular complexity index is 764. The summed E-state index contributed by atoms with van der Waals surface area (Å²) in [5.41, 5.74) is 0.639. The van der Waals surface area contributed by atoms with Gasteiger partial charge in [0.2, 0.25) is 0 Å². The molecule has 3 aromatic rings. The minimum Gasteiger partial charge on any atom is -0.491 e. The third kappa shape index (κ3) is 3.47. The number of hydrogen-bond donors (Lipinski definition) is 2. The van der Waals surface area contributed by atoms with Crippen LogP contribution in [0.1, 0.15) is 0 Å². The first-order valence-electron chi connectivity index (χ1n) is 6.68. The Morgan fingerprint density at radius 2 is 2.23 bits per heavy atom. The smallest absolute Gasteiger partial charge is 0.177 e. The van der Waals surface area contributed by atoms with E-state index >= 15 is 0 Å². The van der Waals surface area contributed by atoms with Gasteiger partial charge in [-0.05, 0) is 24.3 Å². The number of ether oxygens (including phenoxy) is 1. The summed E-state index contributed by atoms with van der Waals surface area (Å²) in [4.78, 5) is 0. The molecule has 1 aromatic carbocycles. The molecule has 0 unspecified atom stereocenters. The lowest BCUT2D eigenvalue weighted by molar-refractivity contribution is 0.117. The molecule has 0 saturated carbocycles. The summed E-state index contributed by atoms with van der Waals surface area (Å²) in [6.45, 7) is 0.293. The minimum absolute atomic E-state index is 0.0470. The van der Waals surface area contributed by atoms with Crippen molar-refractivity contribution >= 4 is 11.5 Å². The van der Waals surface area contributed by atoms with Gasteiger partial charge in [0.25, 0.3) is 0 Å². The van der Waals surface area contributed by atoms with E-state index < -0.39 is 6.10 Å². The lowest BCUT2D eigenvalue weighted by Crippen LogP contribution is -2.26. The maximum absolute atomic E-state index is 13.0. The molecule has 2 heterocycles. The summed E-state index contributed by atoms with van der Waals surface area (Å²) < 4.78 is 19.8. The van der Waals surface area contributed by atoms with Crippen LogP contribution in [0, 0.1) is 5.82 Å². The highest BCUT2D eigenvalue weighted by molar-refractivity contribution is 5.42. The molecule has 2 N–H and O–H groups in total. The number of fused-ring (bicyclic) bond motifs is 1. The number of rotatable bonds is 6. The average Bonchev–Trinajstić information content (AvgIpc) is 2.98. The minimum atomic E-state index is -0.762. The standard InChI is InChI=1S/C14H14FN5O2/c15-10-2-1-3-12(6-10)22-8-11(21)7-16-13-4-5-14-18-17-9-20(14)19-13/h1-6,9,11,21H,7-8H2,(H,16,19)/t11-/m0/s1. The van der Waals surface area contributed by atoms with Gasteiger partial charge in [0.15, 0.2) is 5.65 Å². The Kier molecular flexibility index (Phi) is 4.10. The van der Waals surface area contributed by atoms with Crippen molar-refractivity contribution in [3.05, 3.63) is 48.5 Å². The van der Waals surface area contributed by atoms with E-state index in [1.807, 2.05) is 0 Å². The van der Waals surface area contributed by atoms with Crippen LogP contribution in [0.2, 0.25) is 0 Å². The van der Waals surface area contributed by atoms with E-state index in [1.165, 1.54) is 23.0 Å². The molecule has 22 heavy (non-hydrogen) atoms. The zero-order chi connectivity index (χ0) is 15.4. The van der Waals surface area contributed by atoms with Crippen LogP contribution >= 0.6 is 0 Å². The van der Waals surface area contributed by atoms with E-state index in [0.717, 1.165) is 0 Å². The third-order valence-electron chi connectivity index (χ3n) is 2.92. The van der Waals surface area contributed by atoms with Crippen LogP contribution in [-0.2, 0) is 0 Å². The van der Waals surface area contributed by atoms with Gasteiger partial charge in [0.1, 0.15) is 36.4 Å². The summed E-state index contributed by atoms with van der Waals surface area (Å²) >= 11 is 0. The Labute approximate surface area is 125 Å². The van der Waals surface area contributed by atoms with Crippen molar-refractivity contribution < 1.29 is 14.2 Å². The van der Waals surface area contributed by atoms with Crippen LogP contribution in [0.5, 0.6) is 5.75 Å². The van der Waals surface area contributed by atoms with Crippen LogP contribution in [0.25, 0.3) is 5.65 Å². The highest BCUT2D eigenvalue weighted by Crippen LogP contribution is 2.12. The van der Waals surface area contributed by atoms with Crippen LogP contribution in [0.15, 0.2) is 42.7 Å². The molecule has 114 valence electrons. The molecule has 0 aliphatic carbocycles. The van der Waals surface area contributed by atoms with Crippen LogP contribution in [0.3, 0.4) is 0 Å². The van der Waals surface area contributed by atoms with Gasteiger partial charge < -0.3 is 15.2 Å². The molecule has 0 aliphatic heterocycles. The average molecular weight is 303 g/mol. The maximum atomic E-state index is 13.0. The molecule has 0 fully saturated rings. The van der Waals surface area contributed by atoms with Crippen LogP contribution in [-0.4, -0.2) is 44.2 Å². The van der Waals surface area contributed by atoms with Gasteiger partial charge in [-0.3, -0.25) is 0 Å². The Morgan fingerprint density at radius 1 is 1.32 bits per heavy atom. The summed E-state index contributed by atoms with van der Waals surface area (Å²) in [5, 5.41) is 24.7. The summed E-state index contributed by atoms with van der Waals surface area (Å²) in [6.07, 6.45) is 0.728. The van der Waals surface area contributed by atoms with E-state index in [1.54, 1.807) is 24.3 Å². The fourth-order valence-corrected chi connectivity index (χ4v) is 1.85. The molecule has 1 atom stereocenters. The SMILES string of the molecule is O[C@@H](CNc1ccc2nncn2n1)COc1cccc(F)c1. The molecule has 0 bridgehead atoms. The molecule has 8 heteroatoms. The van der Waals surface area contributed by atoms with Gasteiger partial charge in [-0.25, -0.2) is 4.39 Å². The summed E-state index contributed by atoms with van der Waals surface area (Å²) in [6, 6.07) is 9.28. The lowest BCUT2D eigenvalue weighted by Gasteiger charge is -2.13. The Hall–Kier alpha value is -2.74. The molecule has 0 radical (unpaired) electrons. The molecule has 0 amide bonds. The number of hydrogen-bond acceptors (Lipinski definition) is 6. The number of aliphatic hydroxyl groups excluding tert-OH is 1. The fourth-order valence-electron chi connectivity index (χ4n) is 1.85. The zero-order valence-corrected chi connectivity index (χ0v) is 11.6. The second kappa shape index (κ2) is 6.35. The number of aliphatic hydroxyl groups is 1. The number of anilines is 1. The van der Waals surface area contributed by atoms with Gasteiger partial charge in [0.05, 0.1) is 0 Å². The quantitative estimate of drug-likeness (QED) is 0.710. The van der Waals surface area contributed by atoms with Crippen molar-refractivity contribution in [1.29, 1.82) is 0 Å². The van der Waals surface area contributed by atoms with E-state index in [-0.39, 0.29) is 19.0 Å². The monoisotopic (exact) mass is 303 g/mol. The predicted molar refractivity (Wildman–Crippen MR) is 77.2 cm³/mol. The number of aromatic nitrogens is 4. The third-order valence-corrected chi connectivity index (χ3v) is 2.92. The highest BCUT2D eigenvalue weighted by Gasteiger charge is 2.07. The van der Waals surface area contributed by atoms with Gasteiger partial charge >= 0.3 is 0 Å². The molecule has 0 spiro atoms. The van der Waals surface area contributed by atoms with Gasteiger partial charge in [-0.1, -0.05) is 6.07 Å². The highest BCUT2D eigenvalue weighted by atomic mass is 19.1.